The summed E-state index contributed by atoms with van der Waals surface area (Å²) in [6.07, 6.45) is 6.92. The predicted molar refractivity (Wildman–Crippen MR) is 70.4 cm³/mol. The number of benzene rings is 1. The minimum Gasteiger partial charge on any atom is -0.376 e. The molecule has 1 aliphatic rings. The Morgan fingerprint density at radius 2 is 1.88 bits per heavy atom. The molecule has 0 spiro atoms. The second kappa shape index (κ2) is 6.41. The molecule has 0 amide bonds. The summed E-state index contributed by atoms with van der Waals surface area (Å²) in [4.78, 5) is 0. The molecule has 88 valence electrons. The van der Waals surface area contributed by atoms with Gasteiger partial charge in [-0.15, -0.1) is 0 Å². The third-order valence-corrected chi connectivity index (χ3v) is 4.07. The van der Waals surface area contributed by atoms with Crippen molar-refractivity contribution in [1.82, 2.24) is 0 Å². The van der Waals surface area contributed by atoms with Gasteiger partial charge in [-0.1, -0.05) is 53.4 Å². The van der Waals surface area contributed by atoms with Gasteiger partial charge in [-0.05, 0) is 30.4 Å². The van der Waals surface area contributed by atoms with Gasteiger partial charge in [-0.2, -0.15) is 0 Å². The van der Waals surface area contributed by atoms with Gasteiger partial charge in [0.1, 0.15) is 0 Å². The van der Waals surface area contributed by atoms with Crippen molar-refractivity contribution < 1.29 is 4.74 Å². The quantitative estimate of drug-likeness (QED) is 0.788. The van der Waals surface area contributed by atoms with E-state index in [2.05, 4.69) is 34.1 Å². The van der Waals surface area contributed by atoms with Crippen LogP contribution in [0.5, 0.6) is 0 Å². The Labute approximate surface area is 106 Å². The smallest absolute Gasteiger partial charge is 0.0727 e. The molecule has 0 aliphatic heterocycles. The third kappa shape index (κ3) is 3.60. The summed E-state index contributed by atoms with van der Waals surface area (Å²) in [6.45, 7) is 1.67. The van der Waals surface area contributed by atoms with Crippen LogP contribution in [0.15, 0.2) is 28.7 Å². The lowest BCUT2D eigenvalue weighted by Gasteiger charge is -2.21. The lowest BCUT2D eigenvalue weighted by molar-refractivity contribution is 0.0736. The molecule has 0 bridgehead atoms. The number of halogens is 1. The largest absolute Gasteiger partial charge is 0.376 e. The molecule has 16 heavy (non-hydrogen) atoms. The first-order valence-electron chi connectivity index (χ1n) is 6.17. The summed E-state index contributed by atoms with van der Waals surface area (Å²) < 4.78 is 6.96. The summed E-state index contributed by atoms with van der Waals surface area (Å²) in [5.74, 6) is 0.802. The molecule has 2 rings (SSSR count). The maximum Gasteiger partial charge on any atom is 0.0727 e. The van der Waals surface area contributed by atoms with Gasteiger partial charge in [0, 0.05) is 11.1 Å². The Bertz CT molecular complexity index is 318. The average molecular weight is 283 g/mol. The van der Waals surface area contributed by atoms with Crippen molar-refractivity contribution in [3.8, 4) is 0 Å². The van der Waals surface area contributed by atoms with E-state index in [1.807, 2.05) is 6.07 Å². The number of rotatable bonds is 4. The van der Waals surface area contributed by atoms with Crippen LogP contribution in [0.25, 0.3) is 0 Å². The molecular weight excluding hydrogens is 264 g/mol. The van der Waals surface area contributed by atoms with E-state index in [4.69, 9.17) is 4.74 Å². The zero-order valence-electron chi connectivity index (χ0n) is 9.62. The van der Waals surface area contributed by atoms with Crippen molar-refractivity contribution in [3.05, 3.63) is 34.3 Å². The first kappa shape index (κ1) is 12.1. The van der Waals surface area contributed by atoms with Crippen LogP contribution in [0.4, 0.5) is 0 Å². The molecule has 1 aliphatic carbocycles. The molecule has 1 fully saturated rings. The van der Waals surface area contributed by atoms with Crippen molar-refractivity contribution in [3.63, 3.8) is 0 Å². The highest BCUT2D eigenvalue weighted by Crippen LogP contribution is 2.24. The molecule has 0 N–H and O–H groups in total. The van der Waals surface area contributed by atoms with E-state index in [1.54, 1.807) is 0 Å². The molecule has 0 radical (unpaired) electrons. The lowest BCUT2D eigenvalue weighted by atomic mass is 9.90. The maximum atomic E-state index is 5.81. The van der Waals surface area contributed by atoms with E-state index in [0.717, 1.165) is 23.6 Å². The van der Waals surface area contributed by atoms with Gasteiger partial charge in [0.15, 0.2) is 0 Å². The fraction of sp³-hybridized carbons (Fsp3) is 0.571. The molecular formula is C14H19BrO. The minimum absolute atomic E-state index is 0.734. The first-order valence-corrected chi connectivity index (χ1v) is 6.96. The van der Waals surface area contributed by atoms with Crippen LogP contribution in [-0.2, 0) is 11.3 Å². The van der Waals surface area contributed by atoms with Gasteiger partial charge in [0.05, 0.1) is 6.61 Å². The van der Waals surface area contributed by atoms with Crippen LogP contribution in [0.1, 0.15) is 37.7 Å². The van der Waals surface area contributed by atoms with Crippen molar-refractivity contribution in [1.29, 1.82) is 0 Å². The lowest BCUT2D eigenvalue weighted by Crippen LogP contribution is -2.13. The second-order valence-electron chi connectivity index (χ2n) is 4.61. The molecule has 1 aromatic carbocycles. The fourth-order valence-corrected chi connectivity index (χ4v) is 2.70. The number of ether oxygens (including phenoxy) is 1. The molecule has 0 unspecified atom stereocenters. The van der Waals surface area contributed by atoms with E-state index in [0.29, 0.717) is 0 Å². The van der Waals surface area contributed by atoms with Crippen molar-refractivity contribution in [2.75, 3.05) is 6.61 Å². The summed E-state index contributed by atoms with van der Waals surface area (Å²) in [6, 6.07) is 8.28. The first-order chi connectivity index (χ1) is 7.86. The molecule has 1 nitrogen and oxygen atoms in total. The van der Waals surface area contributed by atoms with E-state index in [9.17, 15) is 0 Å². The van der Waals surface area contributed by atoms with Gasteiger partial charge in [-0.3, -0.25) is 0 Å². The molecule has 0 atom stereocenters. The standard InChI is InChI=1S/C14H19BrO/c15-14-9-5-4-8-13(14)11-16-10-12-6-2-1-3-7-12/h4-5,8-9,12H,1-3,6-7,10-11H2. The van der Waals surface area contributed by atoms with Crippen molar-refractivity contribution in [2.24, 2.45) is 5.92 Å². The summed E-state index contributed by atoms with van der Waals surface area (Å²) >= 11 is 3.54. The Morgan fingerprint density at radius 3 is 2.62 bits per heavy atom. The average Bonchev–Trinajstić information content (AvgIpc) is 2.33. The Hall–Kier alpha value is -0.340. The Morgan fingerprint density at radius 1 is 1.12 bits per heavy atom. The van der Waals surface area contributed by atoms with E-state index in [1.165, 1.54) is 37.7 Å². The highest BCUT2D eigenvalue weighted by atomic mass is 79.9. The zero-order valence-corrected chi connectivity index (χ0v) is 11.2. The molecule has 1 aromatic rings. The van der Waals surface area contributed by atoms with Gasteiger partial charge in [0.25, 0.3) is 0 Å². The van der Waals surface area contributed by atoms with Gasteiger partial charge in [0.2, 0.25) is 0 Å². The normalized spacial score (nSPS) is 17.6. The second-order valence-corrected chi connectivity index (χ2v) is 5.46. The van der Waals surface area contributed by atoms with Crippen LogP contribution in [0.3, 0.4) is 0 Å². The third-order valence-electron chi connectivity index (χ3n) is 3.29. The van der Waals surface area contributed by atoms with E-state index < -0.39 is 0 Å². The van der Waals surface area contributed by atoms with Crippen LogP contribution in [0.2, 0.25) is 0 Å². The number of hydrogen-bond acceptors (Lipinski definition) is 1. The molecule has 1 saturated carbocycles. The van der Waals surface area contributed by atoms with Crippen LogP contribution in [0, 0.1) is 5.92 Å². The van der Waals surface area contributed by atoms with Crippen molar-refractivity contribution in [2.45, 2.75) is 38.7 Å². The zero-order chi connectivity index (χ0) is 11.2. The topological polar surface area (TPSA) is 9.23 Å². The highest BCUT2D eigenvalue weighted by Gasteiger charge is 2.13. The van der Waals surface area contributed by atoms with Crippen LogP contribution < -0.4 is 0 Å². The summed E-state index contributed by atoms with van der Waals surface area (Å²) in [5.41, 5.74) is 1.25. The van der Waals surface area contributed by atoms with Crippen LogP contribution in [-0.4, -0.2) is 6.61 Å². The van der Waals surface area contributed by atoms with E-state index in [-0.39, 0.29) is 0 Å². The Balaban J connectivity index is 1.73. The SMILES string of the molecule is Brc1ccccc1COCC1CCCCC1. The van der Waals surface area contributed by atoms with Gasteiger partial charge < -0.3 is 4.74 Å². The van der Waals surface area contributed by atoms with E-state index >= 15 is 0 Å². The monoisotopic (exact) mass is 282 g/mol. The fourth-order valence-electron chi connectivity index (χ4n) is 2.30. The molecule has 0 saturated heterocycles. The highest BCUT2D eigenvalue weighted by molar-refractivity contribution is 9.10. The molecule has 0 heterocycles. The van der Waals surface area contributed by atoms with Gasteiger partial charge >= 0.3 is 0 Å². The predicted octanol–water partition coefficient (Wildman–Crippen LogP) is 4.55. The minimum atomic E-state index is 0.734. The number of hydrogen-bond donors (Lipinski definition) is 0. The van der Waals surface area contributed by atoms with Crippen molar-refractivity contribution >= 4 is 15.9 Å². The maximum absolute atomic E-state index is 5.81. The Kier molecular flexibility index (Phi) is 4.86. The molecule has 0 aromatic heterocycles. The molecule has 2 heteroatoms. The summed E-state index contributed by atoms with van der Waals surface area (Å²) in [5, 5.41) is 0. The van der Waals surface area contributed by atoms with Gasteiger partial charge in [-0.25, -0.2) is 0 Å². The van der Waals surface area contributed by atoms with Crippen LogP contribution >= 0.6 is 15.9 Å². The summed E-state index contributed by atoms with van der Waals surface area (Å²) in [7, 11) is 0.